The SMILES string of the molecule is COc1cccc([C@@H]2CN(C3CCCC3)C[C@@]2(F)C(=O)N2CCC(c3ccc(C(F)(F)F)cc3N3CCC(C(=O)O)CC3)CC2)c1. The quantitative estimate of drug-likeness (QED) is 0.348. The maximum atomic E-state index is 17.3. The van der Waals surface area contributed by atoms with Crippen LogP contribution in [-0.2, 0) is 15.8 Å². The Kier molecular flexibility index (Phi) is 9.24. The highest BCUT2D eigenvalue weighted by atomic mass is 19.4. The molecule has 0 unspecified atom stereocenters. The normalized spacial score (nSPS) is 25.7. The average molecular weight is 646 g/mol. The predicted molar refractivity (Wildman–Crippen MR) is 166 cm³/mol. The lowest BCUT2D eigenvalue weighted by molar-refractivity contribution is -0.145. The van der Waals surface area contributed by atoms with Crippen LogP contribution in [0.25, 0.3) is 0 Å². The molecule has 3 aliphatic heterocycles. The Morgan fingerprint density at radius 3 is 2.26 bits per heavy atom. The molecule has 0 aromatic heterocycles. The van der Waals surface area contributed by atoms with Crippen LogP contribution >= 0.6 is 0 Å². The highest BCUT2D eigenvalue weighted by Crippen LogP contribution is 2.46. The van der Waals surface area contributed by atoms with Gasteiger partial charge in [-0.05, 0) is 79.8 Å². The van der Waals surface area contributed by atoms with E-state index < -0.39 is 41.1 Å². The van der Waals surface area contributed by atoms with Crippen molar-refractivity contribution in [2.24, 2.45) is 5.92 Å². The molecule has 1 amide bonds. The number of amides is 1. The van der Waals surface area contributed by atoms with Crippen molar-refractivity contribution >= 4 is 17.6 Å². The molecule has 4 fully saturated rings. The number of rotatable bonds is 7. The average Bonchev–Trinajstić information content (AvgIpc) is 3.73. The fourth-order valence-corrected chi connectivity index (χ4v) is 8.20. The zero-order valence-electron chi connectivity index (χ0n) is 26.3. The molecular weight excluding hydrogens is 602 g/mol. The van der Waals surface area contributed by atoms with Gasteiger partial charge >= 0.3 is 12.1 Å². The molecule has 7 nitrogen and oxygen atoms in total. The number of hydrogen-bond donors (Lipinski definition) is 1. The van der Waals surface area contributed by atoms with Gasteiger partial charge in [-0.3, -0.25) is 14.5 Å². The summed E-state index contributed by atoms with van der Waals surface area (Å²) in [6.45, 7) is 1.85. The predicted octanol–water partition coefficient (Wildman–Crippen LogP) is 6.47. The standard InChI is InChI=1S/C35H43F4N3O4/c1-46-28-8-4-5-25(19-28)30-21-42(27-6-2-3-7-27)22-34(30,36)33(45)41-17-11-23(12-18-41)29-10-9-26(35(37,38)39)20-31(29)40-15-13-24(14-16-40)32(43)44/h4-5,8-10,19-20,23-24,27,30H,2-3,6-7,11-18,21-22H2,1H3,(H,43,44)/t30-,34-/m0/s1. The zero-order valence-corrected chi connectivity index (χ0v) is 26.3. The maximum absolute atomic E-state index is 17.3. The Labute approximate surface area is 267 Å². The molecule has 2 aromatic rings. The maximum Gasteiger partial charge on any atom is 0.416 e. The molecular formula is C35H43F4N3O4. The van der Waals surface area contributed by atoms with Crippen molar-refractivity contribution in [1.29, 1.82) is 0 Å². The largest absolute Gasteiger partial charge is 0.497 e. The number of carbonyl (C=O) groups excluding carboxylic acids is 1. The monoisotopic (exact) mass is 645 g/mol. The summed E-state index contributed by atoms with van der Waals surface area (Å²) < 4.78 is 63.9. The first-order valence-electron chi connectivity index (χ1n) is 16.5. The second-order valence-electron chi connectivity index (χ2n) is 13.5. The Bertz CT molecular complexity index is 1410. The van der Waals surface area contributed by atoms with Gasteiger partial charge in [-0.15, -0.1) is 0 Å². The Morgan fingerprint density at radius 1 is 0.935 bits per heavy atom. The van der Waals surface area contributed by atoms with E-state index in [2.05, 4.69) is 4.90 Å². The third-order valence-corrected chi connectivity index (χ3v) is 10.9. The lowest BCUT2D eigenvalue weighted by atomic mass is 9.83. The van der Waals surface area contributed by atoms with Gasteiger partial charge in [-0.1, -0.05) is 31.0 Å². The second kappa shape index (κ2) is 13.0. The minimum atomic E-state index is -4.51. The third-order valence-electron chi connectivity index (χ3n) is 10.9. The topological polar surface area (TPSA) is 73.3 Å². The minimum Gasteiger partial charge on any atom is -0.497 e. The van der Waals surface area contributed by atoms with Gasteiger partial charge in [0, 0.05) is 56.9 Å². The first-order chi connectivity index (χ1) is 22.0. The number of carbonyl (C=O) groups is 2. The molecule has 2 aromatic carbocycles. The highest BCUT2D eigenvalue weighted by molar-refractivity contribution is 5.87. The first-order valence-corrected chi connectivity index (χ1v) is 16.5. The number of carboxylic acids is 1. The van der Waals surface area contributed by atoms with E-state index in [4.69, 9.17) is 4.74 Å². The van der Waals surface area contributed by atoms with E-state index in [1.54, 1.807) is 12.0 Å². The van der Waals surface area contributed by atoms with Gasteiger partial charge in [0.15, 0.2) is 0 Å². The second-order valence-corrected chi connectivity index (χ2v) is 13.5. The van der Waals surface area contributed by atoms with Crippen LogP contribution in [0.4, 0.5) is 23.2 Å². The van der Waals surface area contributed by atoms with E-state index in [-0.39, 0.29) is 18.5 Å². The van der Waals surface area contributed by atoms with E-state index in [0.29, 0.717) is 69.8 Å². The molecule has 11 heteroatoms. The number of anilines is 1. The summed E-state index contributed by atoms with van der Waals surface area (Å²) in [4.78, 5) is 31.3. The van der Waals surface area contributed by atoms with E-state index in [1.807, 2.05) is 29.2 Å². The number of halogens is 4. The van der Waals surface area contributed by atoms with Gasteiger partial charge < -0.3 is 19.6 Å². The first kappa shape index (κ1) is 32.6. The molecule has 3 heterocycles. The molecule has 0 bridgehead atoms. The summed E-state index contributed by atoms with van der Waals surface area (Å²) >= 11 is 0. The van der Waals surface area contributed by atoms with Gasteiger partial charge in [0.05, 0.1) is 18.6 Å². The van der Waals surface area contributed by atoms with Crippen LogP contribution in [0, 0.1) is 5.92 Å². The number of carboxylic acid groups (broad SMARTS) is 1. The molecule has 1 N–H and O–H groups in total. The van der Waals surface area contributed by atoms with Gasteiger partial charge in [0.2, 0.25) is 5.67 Å². The molecule has 1 aliphatic carbocycles. The molecule has 1 saturated carbocycles. The van der Waals surface area contributed by atoms with Gasteiger partial charge in [-0.25, -0.2) is 4.39 Å². The number of nitrogens with zero attached hydrogens (tertiary/aromatic N) is 3. The molecule has 0 radical (unpaired) electrons. The zero-order chi connectivity index (χ0) is 32.6. The third kappa shape index (κ3) is 6.44. The summed E-state index contributed by atoms with van der Waals surface area (Å²) in [7, 11) is 1.57. The molecule has 2 atom stereocenters. The van der Waals surface area contributed by atoms with Crippen LogP contribution in [0.2, 0.25) is 0 Å². The Morgan fingerprint density at radius 2 is 1.63 bits per heavy atom. The number of likely N-dealkylation sites (tertiary alicyclic amines) is 2. The number of benzene rings is 2. The molecule has 3 saturated heterocycles. The van der Waals surface area contributed by atoms with Crippen molar-refractivity contribution in [1.82, 2.24) is 9.80 Å². The highest BCUT2D eigenvalue weighted by Gasteiger charge is 2.56. The smallest absolute Gasteiger partial charge is 0.416 e. The molecule has 250 valence electrons. The van der Waals surface area contributed by atoms with Crippen molar-refractivity contribution in [3.05, 3.63) is 59.2 Å². The van der Waals surface area contributed by atoms with Crippen molar-refractivity contribution in [2.45, 2.75) is 81.1 Å². The van der Waals surface area contributed by atoms with E-state index in [9.17, 15) is 27.9 Å². The summed E-state index contributed by atoms with van der Waals surface area (Å²) in [5, 5.41) is 9.41. The fourth-order valence-electron chi connectivity index (χ4n) is 8.20. The minimum absolute atomic E-state index is 0.0493. The number of ether oxygens (including phenoxy) is 1. The number of methoxy groups -OCH3 is 1. The number of hydrogen-bond acceptors (Lipinski definition) is 5. The fraction of sp³-hybridized carbons (Fsp3) is 0.600. The molecule has 46 heavy (non-hydrogen) atoms. The number of alkyl halides is 4. The van der Waals surface area contributed by atoms with Crippen molar-refractivity contribution in [3.8, 4) is 5.75 Å². The molecule has 0 spiro atoms. The van der Waals surface area contributed by atoms with E-state index in [0.717, 1.165) is 42.9 Å². The van der Waals surface area contributed by atoms with E-state index >= 15 is 4.39 Å². The summed E-state index contributed by atoms with van der Waals surface area (Å²) in [5.74, 6) is -2.03. The van der Waals surface area contributed by atoms with Crippen LogP contribution in [0.3, 0.4) is 0 Å². The summed E-state index contributed by atoms with van der Waals surface area (Å²) in [6, 6.07) is 11.4. The van der Waals surface area contributed by atoms with Crippen LogP contribution in [0.15, 0.2) is 42.5 Å². The van der Waals surface area contributed by atoms with Gasteiger partial charge in [-0.2, -0.15) is 13.2 Å². The Hall–Kier alpha value is -3.34. The number of aliphatic carboxylic acids is 1. The lowest BCUT2D eigenvalue weighted by Gasteiger charge is -2.39. The van der Waals surface area contributed by atoms with Crippen LogP contribution in [0.1, 0.15) is 79.9 Å². The molecule has 4 aliphatic rings. The molecule has 6 rings (SSSR count). The van der Waals surface area contributed by atoms with Crippen molar-refractivity contribution in [3.63, 3.8) is 0 Å². The van der Waals surface area contributed by atoms with Crippen molar-refractivity contribution in [2.75, 3.05) is 51.3 Å². The van der Waals surface area contributed by atoms with Crippen LogP contribution < -0.4 is 9.64 Å². The number of piperidine rings is 2. The van der Waals surface area contributed by atoms with Crippen molar-refractivity contribution < 1.29 is 37.0 Å². The van der Waals surface area contributed by atoms with Crippen LogP contribution in [-0.4, -0.2) is 84.9 Å². The Balaban J connectivity index is 1.21. The lowest BCUT2D eigenvalue weighted by Crippen LogP contribution is -2.52. The summed E-state index contributed by atoms with van der Waals surface area (Å²) in [5.41, 5.74) is -0.852. The summed E-state index contributed by atoms with van der Waals surface area (Å²) in [6.07, 6.45) is 1.44. The van der Waals surface area contributed by atoms with Crippen LogP contribution in [0.5, 0.6) is 5.75 Å². The van der Waals surface area contributed by atoms with Gasteiger partial charge in [0.1, 0.15) is 5.75 Å². The van der Waals surface area contributed by atoms with Gasteiger partial charge in [0.25, 0.3) is 5.91 Å². The van der Waals surface area contributed by atoms with E-state index in [1.165, 1.54) is 12.1 Å².